The van der Waals surface area contributed by atoms with Crippen molar-refractivity contribution in [2.45, 2.75) is 59.8 Å². The number of carboxylic acid groups (broad SMARTS) is 1. The van der Waals surface area contributed by atoms with Gasteiger partial charge in [0.05, 0.1) is 11.1 Å². The van der Waals surface area contributed by atoms with Gasteiger partial charge in [-0.25, -0.2) is 0 Å². The normalized spacial score (nSPS) is 12.8. The number of carboxylic acids is 1. The van der Waals surface area contributed by atoms with Crippen molar-refractivity contribution in [3.8, 4) is 5.75 Å². The van der Waals surface area contributed by atoms with Crippen LogP contribution < -0.4 is 10.2 Å². The molecule has 8 nitrogen and oxygen atoms in total. The van der Waals surface area contributed by atoms with Gasteiger partial charge in [-0.05, 0) is 51.3 Å². The molecule has 0 bridgehead atoms. The maximum absolute atomic E-state index is 12.2. The van der Waals surface area contributed by atoms with E-state index in [4.69, 9.17) is 10.2 Å². The minimum absolute atomic E-state index is 0.0610. The third-order valence-electron chi connectivity index (χ3n) is 4.07. The molecule has 0 aromatic heterocycles. The number of phenolic OH excluding ortho intramolecular Hbond substituents is 1. The van der Waals surface area contributed by atoms with E-state index in [1.54, 1.807) is 11.0 Å². The molecular weight excluding hydrogens is 376 g/mol. The van der Waals surface area contributed by atoms with Crippen molar-refractivity contribution in [3.63, 3.8) is 0 Å². The first-order valence-electron chi connectivity index (χ1n) is 9.66. The lowest BCUT2D eigenvalue weighted by molar-refractivity contribution is -0.137. The quantitative estimate of drug-likeness (QED) is 0.420. The highest BCUT2D eigenvalue weighted by atomic mass is 16.4. The van der Waals surface area contributed by atoms with Crippen molar-refractivity contribution >= 4 is 24.0 Å². The smallest absolute Gasteiger partial charge is 0.303 e. The van der Waals surface area contributed by atoms with Crippen LogP contribution in [0, 0.1) is 6.92 Å². The van der Waals surface area contributed by atoms with Gasteiger partial charge in [0.1, 0.15) is 5.75 Å². The molecule has 2 rings (SSSR count). The summed E-state index contributed by atoms with van der Waals surface area (Å²) in [6.07, 6.45) is 1.16. The molecule has 1 aliphatic heterocycles. The number of carbonyl (C=O) groups is 3. The summed E-state index contributed by atoms with van der Waals surface area (Å²) in [5, 5.41) is 27.4. The standard InChI is InChI=1S/C13H17NO2.C5H9NO3.C2H6.CH4O/c1-5-14-11-9(13(3,4)12(14)16)6-8(2)7-10(11)15;7-4-6-3-1-2-5(8)9;2*1-2/h6-7,15H,5H2,1-4H3;4H,1-3H2,(H,6,7)(H,8,9);1-2H3;2H,1H3. The molecule has 0 saturated heterocycles. The maximum Gasteiger partial charge on any atom is 0.303 e. The van der Waals surface area contributed by atoms with Crippen molar-refractivity contribution in [1.82, 2.24) is 5.32 Å². The van der Waals surface area contributed by atoms with Crippen LogP contribution in [0.3, 0.4) is 0 Å². The number of fused-ring (bicyclic) bond motifs is 1. The van der Waals surface area contributed by atoms with Gasteiger partial charge in [0.25, 0.3) is 0 Å². The number of aliphatic hydroxyl groups is 1. The Kier molecular flexibility index (Phi) is 14.2. The van der Waals surface area contributed by atoms with Crippen LogP contribution in [0.4, 0.5) is 5.69 Å². The number of hydrogen-bond acceptors (Lipinski definition) is 5. The van der Waals surface area contributed by atoms with Gasteiger partial charge in [-0.3, -0.25) is 14.4 Å². The number of amides is 2. The van der Waals surface area contributed by atoms with E-state index >= 15 is 0 Å². The van der Waals surface area contributed by atoms with Crippen molar-refractivity contribution in [3.05, 3.63) is 23.3 Å². The summed E-state index contributed by atoms with van der Waals surface area (Å²) < 4.78 is 0. The average Bonchev–Trinajstić information content (AvgIpc) is 2.89. The number of anilines is 1. The minimum Gasteiger partial charge on any atom is -0.506 e. The summed E-state index contributed by atoms with van der Waals surface area (Å²) in [5.74, 6) is -0.565. The van der Waals surface area contributed by atoms with Crippen molar-refractivity contribution in [1.29, 1.82) is 0 Å². The SMILES string of the molecule is CC.CCN1C(=O)C(C)(C)c2cc(C)cc(O)c21.CO.O=CNCCCC(=O)O. The summed E-state index contributed by atoms with van der Waals surface area (Å²) in [4.78, 5) is 33.3. The summed E-state index contributed by atoms with van der Waals surface area (Å²) >= 11 is 0. The number of hydrogen-bond donors (Lipinski definition) is 4. The molecule has 1 aromatic carbocycles. The maximum atomic E-state index is 12.2. The third-order valence-corrected chi connectivity index (χ3v) is 4.07. The molecule has 166 valence electrons. The van der Waals surface area contributed by atoms with Crippen LogP contribution in [0.2, 0.25) is 0 Å². The molecule has 0 spiro atoms. The lowest BCUT2D eigenvalue weighted by atomic mass is 9.85. The van der Waals surface area contributed by atoms with Crippen molar-refractivity contribution in [2.24, 2.45) is 0 Å². The lowest BCUT2D eigenvalue weighted by Gasteiger charge is -2.18. The second-order valence-electron chi connectivity index (χ2n) is 6.42. The molecule has 0 radical (unpaired) electrons. The van der Waals surface area contributed by atoms with Gasteiger partial charge in [0.15, 0.2) is 0 Å². The fourth-order valence-electron chi connectivity index (χ4n) is 2.78. The molecule has 2 amide bonds. The number of aliphatic hydroxyl groups excluding tert-OH is 1. The predicted octanol–water partition coefficient (Wildman–Crippen LogP) is 2.58. The summed E-state index contributed by atoms with van der Waals surface area (Å²) in [5.41, 5.74) is 2.06. The molecule has 29 heavy (non-hydrogen) atoms. The number of likely N-dealkylation sites (N-methyl/N-ethyl adjacent to an activating group) is 1. The molecule has 1 aromatic rings. The van der Waals surface area contributed by atoms with E-state index in [-0.39, 0.29) is 18.1 Å². The first kappa shape index (κ1) is 28.6. The number of nitrogens with zero attached hydrogens (tertiary/aromatic N) is 1. The molecule has 0 saturated carbocycles. The fraction of sp³-hybridized carbons (Fsp3) is 0.571. The number of benzene rings is 1. The summed E-state index contributed by atoms with van der Waals surface area (Å²) in [7, 11) is 1.00. The van der Waals surface area contributed by atoms with E-state index in [1.807, 2.05) is 47.6 Å². The largest absolute Gasteiger partial charge is 0.506 e. The van der Waals surface area contributed by atoms with Crippen LogP contribution in [0.25, 0.3) is 0 Å². The van der Waals surface area contributed by atoms with Gasteiger partial charge in [-0.15, -0.1) is 0 Å². The van der Waals surface area contributed by atoms with Crippen LogP contribution in [0.1, 0.15) is 58.6 Å². The minimum atomic E-state index is -0.831. The second kappa shape index (κ2) is 14.4. The Balaban J connectivity index is 0. The van der Waals surface area contributed by atoms with Gasteiger partial charge >= 0.3 is 5.97 Å². The molecule has 0 aliphatic carbocycles. The first-order chi connectivity index (χ1) is 13.7. The highest BCUT2D eigenvalue weighted by Gasteiger charge is 2.44. The summed E-state index contributed by atoms with van der Waals surface area (Å²) in [6, 6.07) is 3.69. The van der Waals surface area contributed by atoms with E-state index in [0.717, 1.165) is 18.2 Å². The van der Waals surface area contributed by atoms with Crippen LogP contribution in [-0.4, -0.2) is 53.8 Å². The van der Waals surface area contributed by atoms with Crippen LogP contribution >= 0.6 is 0 Å². The number of aryl methyl sites for hydroxylation is 1. The van der Waals surface area contributed by atoms with E-state index in [9.17, 15) is 19.5 Å². The lowest BCUT2D eigenvalue weighted by Crippen LogP contribution is -2.35. The van der Waals surface area contributed by atoms with E-state index in [2.05, 4.69) is 5.32 Å². The van der Waals surface area contributed by atoms with Crippen molar-refractivity contribution < 1.29 is 29.7 Å². The van der Waals surface area contributed by atoms with Gasteiger partial charge in [0, 0.05) is 26.6 Å². The Morgan fingerprint density at radius 1 is 1.24 bits per heavy atom. The fourth-order valence-corrected chi connectivity index (χ4v) is 2.78. The van der Waals surface area contributed by atoms with Gasteiger partial charge in [-0.1, -0.05) is 19.9 Å². The number of aromatic hydroxyl groups is 1. The van der Waals surface area contributed by atoms with Crippen molar-refractivity contribution in [2.75, 3.05) is 25.1 Å². The number of carbonyl (C=O) groups excluding carboxylic acids is 2. The number of nitrogens with one attached hydrogen (secondary N) is 1. The molecule has 1 heterocycles. The first-order valence-corrected chi connectivity index (χ1v) is 9.66. The second-order valence-corrected chi connectivity index (χ2v) is 6.42. The zero-order valence-corrected chi connectivity index (χ0v) is 18.6. The molecular formula is C21H36N2O6. The van der Waals surface area contributed by atoms with Gasteiger partial charge < -0.3 is 25.5 Å². The zero-order chi connectivity index (χ0) is 23.2. The Morgan fingerprint density at radius 2 is 1.79 bits per heavy atom. The predicted molar refractivity (Wildman–Crippen MR) is 114 cm³/mol. The number of phenols is 1. The molecule has 8 heteroatoms. The van der Waals surface area contributed by atoms with Gasteiger partial charge in [0.2, 0.25) is 12.3 Å². The van der Waals surface area contributed by atoms with Crippen LogP contribution in [0.5, 0.6) is 5.75 Å². The third kappa shape index (κ3) is 8.11. The van der Waals surface area contributed by atoms with E-state index < -0.39 is 11.4 Å². The summed E-state index contributed by atoms with van der Waals surface area (Å²) in [6.45, 7) is 12.7. The Labute approximate surface area is 173 Å². The number of rotatable bonds is 6. The Hall–Kier alpha value is -2.61. The van der Waals surface area contributed by atoms with E-state index in [0.29, 0.717) is 31.6 Å². The molecule has 4 N–H and O–H groups in total. The molecule has 1 aliphatic rings. The highest BCUT2D eigenvalue weighted by Crippen LogP contribution is 2.46. The molecule has 0 atom stereocenters. The average molecular weight is 413 g/mol. The van der Waals surface area contributed by atoms with E-state index in [1.165, 1.54) is 0 Å². The topological polar surface area (TPSA) is 127 Å². The Morgan fingerprint density at radius 3 is 2.24 bits per heavy atom. The van der Waals surface area contributed by atoms with Crippen LogP contribution in [0.15, 0.2) is 12.1 Å². The highest BCUT2D eigenvalue weighted by molar-refractivity contribution is 6.09. The monoisotopic (exact) mass is 412 g/mol. The van der Waals surface area contributed by atoms with Crippen LogP contribution in [-0.2, 0) is 19.8 Å². The molecule has 0 fully saturated rings. The molecule has 0 unspecified atom stereocenters. The number of aliphatic carboxylic acids is 1. The van der Waals surface area contributed by atoms with Gasteiger partial charge in [-0.2, -0.15) is 0 Å². The zero-order valence-electron chi connectivity index (χ0n) is 18.6. The Bertz CT molecular complexity index is 659.